The quantitative estimate of drug-likeness (QED) is 0.00922. The highest BCUT2D eigenvalue weighted by molar-refractivity contribution is 6.39. The van der Waals surface area contributed by atoms with Gasteiger partial charge in [0, 0.05) is 88.2 Å². The van der Waals surface area contributed by atoms with Gasteiger partial charge in [0.15, 0.2) is 17.0 Å². The van der Waals surface area contributed by atoms with Crippen LogP contribution < -0.4 is 22.5 Å². The maximum atomic E-state index is 14.6. The fourth-order valence-corrected chi connectivity index (χ4v) is 15.5. The number of aliphatic hydroxyl groups is 4. The van der Waals surface area contributed by atoms with Crippen LogP contribution in [0.2, 0.25) is 0 Å². The van der Waals surface area contributed by atoms with E-state index in [0.29, 0.717) is 197 Å². The molecule has 0 spiro atoms. The number of hydrogen-bond donors (Lipinski definition) is 8. The Labute approximate surface area is 696 Å². The van der Waals surface area contributed by atoms with Gasteiger partial charge in [-0.1, -0.05) is 69.4 Å². The number of oxazole rings is 1. The fourth-order valence-electron chi connectivity index (χ4n) is 15.5. The van der Waals surface area contributed by atoms with Crippen LogP contribution in [-0.2, 0) is 95.6 Å². The number of allylic oxidation sites excluding steroid dienone is 6. The minimum Gasteiger partial charge on any atom is -0.459 e. The zero-order valence-electron chi connectivity index (χ0n) is 70.2. The Kier molecular flexibility index (Phi) is 38.5. The molecular formula is C85H127N13O21. The molecule has 34 nitrogen and oxygen atoms in total. The van der Waals surface area contributed by atoms with E-state index in [4.69, 9.17) is 74.1 Å². The summed E-state index contributed by atoms with van der Waals surface area (Å²) in [5, 5.41) is 63.0. The van der Waals surface area contributed by atoms with Crippen molar-refractivity contribution in [3.63, 3.8) is 0 Å². The number of nitrogens with two attached hydrogens (primary N) is 3. The normalized spacial score (nSPS) is 26.8. The van der Waals surface area contributed by atoms with Crippen LogP contribution in [0.5, 0.6) is 0 Å². The van der Waals surface area contributed by atoms with E-state index < -0.39 is 108 Å². The Bertz CT molecular complexity index is 4170. The maximum Gasteiger partial charge on any atom is 0.329 e. The molecule has 2 bridgehead atoms. The fraction of sp³-hybridized carbons (Fsp3) is 0.671. The molecule has 3 aliphatic heterocycles. The van der Waals surface area contributed by atoms with Crippen molar-refractivity contribution < 1.29 is 101 Å². The molecule has 0 radical (unpaired) electrons. The van der Waals surface area contributed by atoms with Gasteiger partial charge in [-0.2, -0.15) is 10.1 Å². The third-order valence-electron chi connectivity index (χ3n) is 22.6. The lowest BCUT2D eigenvalue weighted by Gasteiger charge is -2.42. The molecule has 5 aromatic rings. The average Bonchev–Trinajstić information content (AvgIpc) is 1.75. The van der Waals surface area contributed by atoms with Gasteiger partial charge in [0.2, 0.25) is 11.7 Å². The summed E-state index contributed by atoms with van der Waals surface area (Å²) in [6.45, 7) is 17.0. The molecule has 11 N–H and O–H groups in total. The summed E-state index contributed by atoms with van der Waals surface area (Å²) < 4.78 is 67.2. The topological polar surface area (TPSA) is 469 Å². The van der Waals surface area contributed by atoms with Crippen LogP contribution in [0.4, 0.5) is 11.8 Å². The summed E-state index contributed by atoms with van der Waals surface area (Å²) in [6, 6.07) is 3.36. The van der Waals surface area contributed by atoms with E-state index in [0.717, 1.165) is 41.0 Å². The number of rotatable bonds is 37. The van der Waals surface area contributed by atoms with Crippen LogP contribution in [-0.4, -0.2) is 267 Å². The summed E-state index contributed by atoms with van der Waals surface area (Å²) >= 11 is 0. The number of nitrogens with one attached hydrogen (secondary N) is 1. The van der Waals surface area contributed by atoms with Crippen LogP contribution in [0, 0.1) is 29.6 Å². The van der Waals surface area contributed by atoms with Gasteiger partial charge >= 0.3 is 5.97 Å². The number of esters is 1. The van der Waals surface area contributed by atoms with Crippen molar-refractivity contribution in [3.8, 4) is 11.3 Å². The van der Waals surface area contributed by atoms with Crippen molar-refractivity contribution in [1.82, 2.24) is 49.9 Å². The summed E-state index contributed by atoms with van der Waals surface area (Å²) in [6.07, 6.45) is 14.9. The zero-order chi connectivity index (χ0) is 85.4. The number of fused-ring (bicyclic) bond motifs is 5. The summed E-state index contributed by atoms with van der Waals surface area (Å²) in [7, 11) is 1.55. The molecule has 658 valence electrons. The number of piperidine rings is 1. The van der Waals surface area contributed by atoms with Gasteiger partial charge in [-0.3, -0.25) is 24.0 Å². The lowest BCUT2D eigenvalue weighted by molar-refractivity contribution is -0.265. The highest BCUT2D eigenvalue weighted by atomic mass is 16.6. The number of ketones is 3. The van der Waals surface area contributed by atoms with Gasteiger partial charge in [-0.05, 0) is 151 Å². The van der Waals surface area contributed by atoms with Gasteiger partial charge in [0.1, 0.15) is 53.5 Å². The van der Waals surface area contributed by atoms with E-state index in [1.54, 1.807) is 43.3 Å². The maximum absolute atomic E-state index is 14.6. The van der Waals surface area contributed by atoms with Crippen molar-refractivity contribution in [2.24, 2.45) is 35.3 Å². The standard InChI is InChI=1S/C85H127N13O21/c1-54-17-9-8-10-18-55(2)71(109-7)50-63-24-21-59(6)85(108,119-63)79(105)82(106)97-29-14-11-20-66(97)83(107)117-72(51-67(99)56(3)46-58(5)77(103)78(104)76(102)57(4)45-54)64(86)47-60-22-25-70(68(100)48-60)116-32-16-12-19-62-52-96(95-93-62)31-34-111-36-38-113-40-42-115-44-43-114-41-39-112-37-35-110-33-27-73(101)89-28-13-15-30-98-81-74(80(87)90-53-91-81)75(94-98)61-23-26-69-65(49-61)92-84(88)118-69/h8-10,17-18,23,26,46,49,52-54,56-57,59-60,63-64,66,68,70-72,77-78,100,103-104,108H,11-16,19-22,24-25,27-45,47-48,50-51,86H2,1-7H3,(H2,88,92)(H,89,101)(H2,87,90,91)/b10-8?,17-9+,55-18?,58-46+/t54-,56-,57-,59-,60+,63+,64-,66+,68-,70-,71+,72+,77-,78+,85-/m1/s1. The lowest BCUT2D eigenvalue weighted by atomic mass is 9.80. The van der Waals surface area contributed by atoms with E-state index in [1.807, 2.05) is 62.6 Å². The highest BCUT2D eigenvalue weighted by Crippen LogP contribution is 2.39. The molecule has 2 amide bonds. The number of aromatic nitrogens is 8. The van der Waals surface area contributed by atoms with E-state index in [9.17, 15) is 49.2 Å². The average molecular weight is 1670 g/mol. The highest BCUT2D eigenvalue weighted by Gasteiger charge is 2.53. The van der Waals surface area contributed by atoms with Crippen molar-refractivity contribution >= 4 is 69.1 Å². The Balaban J connectivity index is 0.608. The van der Waals surface area contributed by atoms with Crippen LogP contribution in [0.3, 0.4) is 0 Å². The first-order chi connectivity index (χ1) is 57.3. The molecule has 2 saturated heterocycles. The van der Waals surface area contributed by atoms with E-state index in [2.05, 4.69) is 30.6 Å². The second-order valence-electron chi connectivity index (χ2n) is 31.9. The van der Waals surface area contributed by atoms with Crippen molar-refractivity contribution in [1.29, 1.82) is 0 Å². The number of nitrogen functional groups attached to an aromatic ring is 2. The molecule has 15 atom stereocenters. The van der Waals surface area contributed by atoms with Crippen molar-refractivity contribution in [2.45, 2.75) is 231 Å². The number of aliphatic hydroxyl groups excluding tert-OH is 3. The number of Topliss-reactive ketones (excluding diaryl/α,β-unsaturated/α-hetero) is 3. The Morgan fingerprint density at radius 3 is 2.19 bits per heavy atom. The Morgan fingerprint density at radius 1 is 0.765 bits per heavy atom. The third kappa shape index (κ3) is 28.7. The number of benzene rings is 1. The predicted octanol–water partition coefficient (Wildman–Crippen LogP) is 6.40. The molecule has 4 aliphatic rings. The third-order valence-corrected chi connectivity index (χ3v) is 22.6. The molecule has 119 heavy (non-hydrogen) atoms. The molecular weight excluding hydrogens is 1540 g/mol. The number of nitrogens with zero attached hydrogens (tertiary/aromatic N) is 9. The number of carbonyl (C=O) groups is 6. The van der Waals surface area contributed by atoms with Gasteiger partial charge in [0.25, 0.3) is 17.7 Å². The number of anilines is 2. The van der Waals surface area contributed by atoms with Crippen LogP contribution in [0.15, 0.2) is 82.7 Å². The number of hydrogen-bond acceptors (Lipinski definition) is 30. The summed E-state index contributed by atoms with van der Waals surface area (Å²) in [4.78, 5) is 97.7. The Morgan fingerprint density at radius 2 is 1.48 bits per heavy atom. The minimum absolute atomic E-state index is 0.0113. The SMILES string of the molecule is CO[C@H]1C[C@@H]2CC[C@@H](C)[C@@](O)(O2)C(=O)C(=O)N2CCCC[C@H]2C(=O)O[C@H]([C@H](N)C[C@@H]2CC[C@@H](OCCCCc3cn(CCOCCOCCOCCOCCOCCOCCC(=O)NCCCCn4nc(-c5ccc6oc(N)nc6c5)c5c(N)ncnc54)nn3)[C@H](O)C2)CC(=O)[C@H](C)/C=C(\C)[C@@H](O)[C@@H](O)C(=O)[C@H](C)C[C@H](C)/C=C/C=CC=C1C. The molecule has 34 heteroatoms. The number of unbranched alkanes of at least 4 members (excludes halogenated alkanes) is 2. The largest absolute Gasteiger partial charge is 0.459 e. The van der Waals surface area contributed by atoms with Gasteiger partial charge < -0.3 is 99.6 Å². The van der Waals surface area contributed by atoms with Crippen LogP contribution >= 0.6 is 0 Å². The van der Waals surface area contributed by atoms with Crippen molar-refractivity contribution in [2.75, 3.05) is 118 Å². The number of cyclic esters (lactones) is 1. The molecule has 7 heterocycles. The number of methoxy groups -OCH3 is 1. The second-order valence-corrected chi connectivity index (χ2v) is 31.9. The predicted molar refractivity (Wildman–Crippen MR) is 440 cm³/mol. The van der Waals surface area contributed by atoms with Gasteiger partial charge in [0.05, 0.1) is 121 Å². The van der Waals surface area contributed by atoms with E-state index >= 15 is 0 Å². The first-order valence-electron chi connectivity index (χ1n) is 42.2. The first kappa shape index (κ1) is 94.6. The van der Waals surface area contributed by atoms with Crippen molar-refractivity contribution in [3.05, 3.63) is 84.0 Å². The Hall–Kier alpha value is -8.20. The van der Waals surface area contributed by atoms with Gasteiger partial charge in [-0.15, -0.1) is 5.10 Å². The van der Waals surface area contributed by atoms with Gasteiger partial charge in [-0.25, -0.2) is 24.1 Å². The van der Waals surface area contributed by atoms with E-state index in [-0.39, 0.29) is 74.6 Å². The summed E-state index contributed by atoms with van der Waals surface area (Å²) in [5.74, 6) is -8.95. The minimum atomic E-state index is -2.50. The van der Waals surface area contributed by atoms with Crippen LogP contribution in [0.25, 0.3) is 33.4 Å². The summed E-state index contributed by atoms with van der Waals surface area (Å²) in [5.41, 5.74) is 24.1. The second kappa shape index (κ2) is 48.4. The zero-order valence-corrected chi connectivity index (χ0v) is 70.2. The molecule has 1 aliphatic carbocycles. The monoisotopic (exact) mass is 1670 g/mol. The molecule has 1 aromatic carbocycles. The smallest absolute Gasteiger partial charge is 0.329 e. The molecule has 0 unspecified atom stereocenters. The van der Waals surface area contributed by atoms with E-state index in [1.165, 1.54) is 19.3 Å². The molecule has 1 saturated carbocycles. The number of aryl methyl sites for hydroxylation is 2. The number of carbonyl (C=O) groups excluding carboxylic acids is 6. The number of ether oxygens (including phenoxy) is 10. The molecule has 4 aromatic heterocycles. The lowest BCUT2D eigenvalue weighted by Crippen LogP contribution is -2.61. The molecule has 3 fully saturated rings. The number of amides is 2. The molecule has 9 rings (SSSR count). The first-order valence-corrected chi connectivity index (χ1v) is 42.2. The van der Waals surface area contributed by atoms with Crippen LogP contribution in [0.1, 0.15) is 156 Å².